The summed E-state index contributed by atoms with van der Waals surface area (Å²) in [6, 6.07) is 0.399. The molecule has 2 rings (SSSR count). The highest BCUT2D eigenvalue weighted by molar-refractivity contribution is 4.99. The van der Waals surface area contributed by atoms with Crippen LogP contribution in [0, 0.1) is 5.41 Å². The molecule has 1 saturated heterocycles. The van der Waals surface area contributed by atoms with Crippen molar-refractivity contribution in [2.24, 2.45) is 5.41 Å². The molecule has 1 spiro atoms. The average Bonchev–Trinajstić information content (AvgIpc) is 2.70. The summed E-state index contributed by atoms with van der Waals surface area (Å²) in [6.07, 6.45) is 5.36. The quantitative estimate of drug-likeness (QED) is 0.557. The monoisotopic (exact) mass is 141 g/mol. The normalized spacial score (nSPS) is 36.3. The standard InChI is InChI=1S/C8H15NO/c10-6-7-5-8(1-2-8)3-4-9-7/h7,9-10H,1-6H2. The first-order valence-corrected chi connectivity index (χ1v) is 4.19. The van der Waals surface area contributed by atoms with Crippen molar-refractivity contribution in [2.75, 3.05) is 13.2 Å². The summed E-state index contributed by atoms with van der Waals surface area (Å²) >= 11 is 0. The minimum Gasteiger partial charge on any atom is -0.395 e. The first-order valence-electron chi connectivity index (χ1n) is 4.19. The summed E-state index contributed by atoms with van der Waals surface area (Å²) in [5, 5.41) is 12.2. The van der Waals surface area contributed by atoms with Crippen LogP contribution in [0.2, 0.25) is 0 Å². The molecule has 2 aliphatic rings. The van der Waals surface area contributed by atoms with Gasteiger partial charge in [0, 0.05) is 6.04 Å². The minimum atomic E-state index is 0.321. The van der Waals surface area contributed by atoms with Gasteiger partial charge in [-0.2, -0.15) is 0 Å². The van der Waals surface area contributed by atoms with Gasteiger partial charge < -0.3 is 10.4 Å². The lowest BCUT2D eigenvalue weighted by Gasteiger charge is -2.28. The lowest BCUT2D eigenvalue weighted by molar-refractivity contribution is 0.183. The molecule has 0 amide bonds. The third-order valence-electron chi connectivity index (χ3n) is 2.95. The molecule has 0 radical (unpaired) electrons. The Morgan fingerprint density at radius 3 is 2.80 bits per heavy atom. The van der Waals surface area contributed by atoms with E-state index in [0.717, 1.165) is 6.54 Å². The first kappa shape index (κ1) is 6.62. The second kappa shape index (κ2) is 2.21. The second-order valence-electron chi connectivity index (χ2n) is 3.79. The fourth-order valence-corrected chi connectivity index (χ4v) is 2.00. The van der Waals surface area contributed by atoms with Crippen molar-refractivity contribution in [3.05, 3.63) is 0 Å². The zero-order valence-electron chi connectivity index (χ0n) is 6.27. The van der Waals surface area contributed by atoms with Crippen molar-refractivity contribution in [1.82, 2.24) is 5.32 Å². The molecule has 0 bridgehead atoms. The molecule has 2 nitrogen and oxygen atoms in total. The molecular formula is C8H15NO. The van der Waals surface area contributed by atoms with Crippen LogP contribution in [-0.2, 0) is 0 Å². The van der Waals surface area contributed by atoms with Crippen LogP contribution in [-0.4, -0.2) is 24.3 Å². The number of hydrogen-bond acceptors (Lipinski definition) is 2. The third-order valence-corrected chi connectivity index (χ3v) is 2.95. The van der Waals surface area contributed by atoms with Crippen molar-refractivity contribution >= 4 is 0 Å². The van der Waals surface area contributed by atoms with Gasteiger partial charge in [-0.3, -0.25) is 0 Å². The van der Waals surface area contributed by atoms with Crippen LogP contribution < -0.4 is 5.32 Å². The smallest absolute Gasteiger partial charge is 0.0584 e. The second-order valence-corrected chi connectivity index (χ2v) is 3.79. The molecule has 2 N–H and O–H groups in total. The Labute approximate surface area is 61.6 Å². The molecule has 2 heteroatoms. The van der Waals surface area contributed by atoms with Gasteiger partial charge in [-0.15, -0.1) is 0 Å². The van der Waals surface area contributed by atoms with E-state index in [1.165, 1.54) is 25.7 Å². The Hall–Kier alpha value is -0.0800. The number of rotatable bonds is 1. The summed E-state index contributed by atoms with van der Waals surface area (Å²) in [5.41, 5.74) is 0.679. The highest BCUT2D eigenvalue weighted by atomic mass is 16.3. The van der Waals surface area contributed by atoms with Crippen LogP contribution in [0.5, 0.6) is 0 Å². The van der Waals surface area contributed by atoms with Gasteiger partial charge in [-0.1, -0.05) is 0 Å². The summed E-state index contributed by atoms with van der Waals surface area (Å²) in [6.45, 7) is 1.44. The zero-order valence-corrected chi connectivity index (χ0v) is 6.27. The molecule has 1 aliphatic carbocycles. The number of hydrogen-bond donors (Lipinski definition) is 2. The van der Waals surface area contributed by atoms with E-state index in [1.54, 1.807) is 0 Å². The SMILES string of the molecule is OCC1CC2(CCN1)CC2. The molecular weight excluding hydrogens is 126 g/mol. The molecule has 1 heterocycles. The fourth-order valence-electron chi connectivity index (χ4n) is 2.00. The van der Waals surface area contributed by atoms with E-state index in [0.29, 0.717) is 18.1 Å². The van der Waals surface area contributed by atoms with E-state index < -0.39 is 0 Å². The minimum absolute atomic E-state index is 0.321. The maximum Gasteiger partial charge on any atom is 0.0584 e. The lowest BCUT2D eigenvalue weighted by Crippen LogP contribution is -2.41. The highest BCUT2D eigenvalue weighted by Gasteiger charge is 2.45. The van der Waals surface area contributed by atoms with Crippen molar-refractivity contribution in [3.8, 4) is 0 Å². The van der Waals surface area contributed by atoms with E-state index in [-0.39, 0.29) is 0 Å². The summed E-state index contributed by atoms with van der Waals surface area (Å²) in [4.78, 5) is 0. The Morgan fingerprint density at radius 1 is 1.40 bits per heavy atom. The van der Waals surface area contributed by atoms with Crippen LogP contribution >= 0.6 is 0 Å². The van der Waals surface area contributed by atoms with Gasteiger partial charge in [-0.25, -0.2) is 0 Å². The first-order chi connectivity index (χ1) is 4.85. The largest absolute Gasteiger partial charge is 0.395 e. The number of aliphatic hydroxyl groups excluding tert-OH is 1. The maximum atomic E-state index is 8.89. The van der Waals surface area contributed by atoms with Gasteiger partial charge in [0.2, 0.25) is 0 Å². The van der Waals surface area contributed by atoms with E-state index in [9.17, 15) is 0 Å². The molecule has 1 saturated carbocycles. The van der Waals surface area contributed by atoms with Gasteiger partial charge in [0.1, 0.15) is 0 Å². The predicted octanol–water partition coefficient (Wildman–Crippen LogP) is 0.511. The summed E-state index contributed by atoms with van der Waals surface area (Å²) < 4.78 is 0. The van der Waals surface area contributed by atoms with Gasteiger partial charge in [0.25, 0.3) is 0 Å². The van der Waals surface area contributed by atoms with Gasteiger partial charge in [0.05, 0.1) is 6.61 Å². The third kappa shape index (κ3) is 1.06. The van der Waals surface area contributed by atoms with Crippen molar-refractivity contribution in [3.63, 3.8) is 0 Å². The molecule has 0 aromatic rings. The van der Waals surface area contributed by atoms with E-state index >= 15 is 0 Å². The average molecular weight is 141 g/mol. The molecule has 0 aromatic carbocycles. The lowest BCUT2D eigenvalue weighted by atomic mass is 9.90. The number of aliphatic hydroxyl groups is 1. The Balaban J connectivity index is 1.91. The van der Waals surface area contributed by atoms with E-state index in [2.05, 4.69) is 5.32 Å². The van der Waals surface area contributed by atoms with Crippen LogP contribution in [0.3, 0.4) is 0 Å². The molecule has 1 unspecified atom stereocenters. The Kier molecular flexibility index (Phi) is 1.46. The maximum absolute atomic E-state index is 8.89. The van der Waals surface area contributed by atoms with Crippen molar-refractivity contribution < 1.29 is 5.11 Å². The summed E-state index contributed by atoms with van der Waals surface area (Å²) in [7, 11) is 0. The zero-order chi connectivity index (χ0) is 7.03. The highest BCUT2D eigenvalue weighted by Crippen LogP contribution is 2.53. The van der Waals surface area contributed by atoms with Gasteiger partial charge in [0.15, 0.2) is 0 Å². The molecule has 10 heavy (non-hydrogen) atoms. The predicted molar refractivity (Wildman–Crippen MR) is 39.8 cm³/mol. The number of piperidine rings is 1. The Morgan fingerprint density at radius 2 is 2.20 bits per heavy atom. The van der Waals surface area contributed by atoms with Crippen LogP contribution in [0.15, 0.2) is 0 Å². The van der Waals surface area contributed by atoms with Gasteiger partial charge in [-0.05, 0) is 37.6 Å². The van der Waals surface area contributed by atoms with Crippen molar-refractivity contribution in [1.29, 1.82) is 0 Å². The number of nitrogens with one attached hydrogen (secondary N) is 1. The molecule has 58 valence electrons. The van der Waals surface area contributed by atoms with Crippen LogP contribution in [0.1, 0.15) is 25.7 Å². The topological polar surface area (TPSA) is 32.3 Å². The Bertz CT molecular complexity index is 131. The molecule has 1 atom stereocenters. The van der Waals surface area contributed by atoms with Crippen LogP contribution in [0.4, 0.5) is 0 Å². The van der Waals surface area contributed by atoms with Crippen LogP contribution in [0.25, 0.3) is 0 Å². The van der Waals surface area contributed by atoms with Crippen molar-refractivity contribution in [2.45, 2.75) is 31.7 Å². The van der Waals surface area contributed by atoms with E-state index in [4.69, 9.17) is 5.11 Å². The summed E-state index contributed by atoms with van der Waals surface area (Å²) in [5.74, 6) is 0. The molecule has 1 aliphatic heterocycles. The van der Waals surface area contributed by atoms with E-state index in [1.807, 2.05) is 0 Å². The van der Waals surface area contributed by atoms with Gasteiger partial charge >= 0.3 is 0 Å². The molecule has 2 fully saturated rings. The molecule has 0 aromatic heterocycles. The fraction of sp³-hybridized carbons (Fsp3) is 1.00.